The molecule has 0 spiro atoms. The van der Waals surface area contributed by atoms with Crippen LogP contribution in [0.1, 0.15) is 12.8 Å². The standard InChI is InChI=1S/C21H29N3O8S4.Na/c1-22-17(7-8-20-24(12-14-34-20)10-4-16-36(29,30)31)21(25)32-18(22)5-2-6-19-23(11-13-33-19)9-3-15-35(26,27)28;/h2,5-8H,3-4,9-16H2,1H3,(H-,26,27,28,29,30,31);/q;+1/p-1. The molecule has 16 heteroatoms. The predicted molar refractivity (Wildman–Crippen MR) is 139 cm³/mol. The Balaban J connectivity index is 0.00000481. The second kappa shape index (κ2) is 14.6. The maximum absolute atomic E-state index is 12.4. The first-order valence-corrected chi connectivity index (χ1v) is 16.3. The van der Waals surface area contributed by atoms with Crippen LogP contribution >= 0.6 is 23.5 Å². The molecule has 37 heavy (non-hydrogen) atoms. The zero-order valence-electron chi connectivity index (χ0n) is 20.7. The van der Waals surface area contributed by atoms with Crippen molar-refractivity contribution in [2.45, 2.75) is 12.8 Å². The molecule has 1 fully saturated rings. The molecular formula is C21H28N3NaO8S4. The van der Waals surface area contributed by atoms with Crippen molar-refractivity contribution >= 4 is 61.0 Å². The van der Waals surface area contributed by atoms with Gasteiger partial charge in [-0.05, 0) is 30.7 Å². The van der Waals surface area contributed by atoms with Gasteiger partial charge in [0.05, 0.1) is 31.0 Å². The van der Waals surface area contributed by atoms with E-state index in [9.17, 15) is 30.7 Å². The number of hydrogen-bond acceptors (Lipinski definition) is 11. The van der Waals surface area contributed by atoms with E-state index in [0.29, 0.717) is 24.0 Å². The van der Waals surface area contributed by atoms with E-state index >= 15 is 0 Å². The van der Waals surface area contributed by atoms with Gasteiger partial charge < -0.3 is 23.0 Å². The fourth-order valence-electron chi connectivity index (χ4n) is 3.70. The zero-order valence-corrected chi connectivity index (χ0v) is 26.0. The van der Waals surface area contributed by atoms with E-state index in [1.165, 1.54) is 0 Å². The average Bonchev–Trinajstić information content (AvgIpc) is 3.46. The Kier molecular flexibility index (Phi) is 12.8. The third kappa shape index (κ3) is 10.7. The van der Waals surface area contributed by atoms with Crippen molar-refractivity contribution < 1.29 is 64.5 Å². The molecule has 2 aliphatic heterocycles. The molecule has 0 saturated carbocycles. The minimum atomic E-state index is -4.24. The largest absolute Gasteiger partial charge is 1.00 e. The number of oxazole rings is 1. The Bertz CT molecular complexity index is 1440. The molecule has 0 aliphatic carbocycles. The van der Waals surface area contributed by atoms with Gasteiger partial charge in [-0.15, -0.1) is 11.8 Å². The van der Waals surface area contributed by atoms with E-state index in [4.69, 9.17) is 4.42 Å². The Morgan fingerprint density at radius 2 is 1.73 bits per heavy atom. The van der Waals surface area contributed by atoms with Gasteiger partial charge in [-0.2, -0.15) is 0 Å². The van der Waals surface area contributed by atoms with Gasteiger partial charge in [-0.3, -0.25) is 0 Å². The molecule has 1 saturated heterocycles. The number of thioether (sulfide) groups is 2. The maximum atomic E-state index is 12.4. The van der Waals surface area contributed by atoms with Crippen LogP contribution in [0.2, 0.25) is 0 Å². The predicted octanol–water partition coefficient (Wildman–Crippen LogP) is -3.98. The van der Waals surface area contributed by atoms with E-state index in [0.717, 1.165) is 34.7 Å². The van der Waals surface area contributed by atoms with Crippen LogP contribution in [0.3, 0.4) is 0 Å². The van der Waals surface area contributed by atoms with Crippen LogP contribution in [0.15, 0.2) is 32.5 Å². The summed E-state index contributed by atoms with van der Waals surface area (Å²) in [7, 11) is -6.75. The molecule has 2 aliphatic rings. The normalized spacial score (nSPS) is 19.1. The van der Waals surface area contributed by atoms with Crippen molar-refractivity contribution in [2.24, 2.45) is 7.05 Å². The molecule has 0 aromatic carbocycles. The Morgan fingerprint density at radius 3 is 2.43 bits per heavy atom. The van der Waals surface area contributed by atoms with Crippen molar-refractivity contribution in [3.63, 3.8) is 0 Å². The van der Waals surface area contributed by atoms with Crippen LogP contribution in [0, 0.1) is 0 Å². The van der Waals surface area contributed by atoms with Gasteiger partial charge in [0.25, 0.3) is 0 Å². The van der Waals surface area contributed by atoms with Gasteiger partial charge in [0.1, 0.15) is 11.9 Å². The molecular weight excluding hydrogens is 574 g/mol. The average molecular weight is 602 g/mol. The molecule has 0 bridgehead atoms. The number of rotatable bonds is 11. The maximum Gasteiger partial charge on any atom is 1.00 e. The van der Waals surface area contributed by atoms with Crippen LogP contribution in [0.4, 0.5) is 0 Å². The summed E-state index contributed by atoms with van der Waals surface area (Å²) in [6.07, 6.45) is 9.24. The van der Waals surface area contributed by atoms with Crippen molar-refractivity contribution in [3.05, 3.63) is 44.6 Å². The van der Waals surface area contributed by atoms with Crippen LogP contribution in [-0.4, -0.2) is 94.2 Å². The van der Waals surface area contributed by atoms with Crippen molar-refractivity contribution in [1.29, 1.82) is 0 Å². The monoisotopic (exact) mass is 601 g/mol. The van der Waals surface area contributed by atoms with E-state index in [-0.39, 0.29) is 48.2 Å². The zero-order chi connectivity index (χ0) is 26.3. The molecule has 0 radical (unpaired) electrons. The Morgan fingerprint density at radius 1 is 1.03 bits per heavy atom. The molecule has 0 unspecified atom stereocenters. The summed E-state index contributed by atoms with van der Waals surface area (Å²) in [5.74, 6) is 0.894. The summed E-state index contributed by atoms with van der Waals surface area (Å²) in [5, 5.41) is 2.19. The van der Waals surface area contributed by atoms with E-state index in [1.807, 2.05) is 15.6 Å². The summed E-state index contributed by atoms with van der Waals surface area (Å²) in [5.41, 5.74) is -0.144. The van der Waals surface area contributed by atoms with Crippen LogP contribution < -0.4 is 46.1 Å². The molecule has 3 heterocycles. The van der Waals surface area contributed by atoms with Gasteiger partial charge in [0, 0.05) is 49.9 Å². The third-order valence-corrected chi connectivity index (χ3v) is 9.18. The molecule has 1 aromatic rings. The summed E-state index contributed by atoms with van der Waals surface area (Å²) in [6.45, 7) is 2.41. The molecule has 3 rings (SSSR count). The third-order valence-electron chi connectivity index (χ3n) is 5.45. The smallest absolute Gasteiger partial charge is 0.748 e. The minimum absolute atomic E-state index is 0. The van der Waals surface area contributed by atoms with Gasteiger partial charge in [0.15, 0.2) is 6.54 Å². The summed E-state index contributed by atoms with van der Waals surface area (Å²) in [6, 6.07) is 0. The first-order chi connectivity index (χ1) is 16.9. The minimum Gasteiger partial charge on any atom is -0.748 e. The molecule has 0 atom stereocenters. The van der Waals surface area contributed by atoms with Crippen molar-refractivity contribution in [1.82, 2.24) is 9.47 Å². The first kappa shape index (κ1) is 32.4. The number of nitrogens with zero attached hydrogens (tertiary/aromatic N) is 3. The summed E-state index contributed by atoms with van der Waals surface area (Å²) in [4.78, 5) is 14.4. The summed E-state index contributed by atoms with van der Waals surface area (Å²) < 4.78 is 73.9. The van der Waals surface area contributed by atoms with Crippen molar-refractivity contribution in [3.8, 4) is 0 Å². The second-order valence-electron chi connectivity index (χ2n) is 8.11. The van der Waals surface area contributed by atoms with E-state index in [1.54, 1.807) is 59.4 Å². The van der Waals surface area contributed by atoms with E-state index < -0.39 is 31.6 Å². The topological polar surface area (TPSA) is 156 Å². The van der Waals surface area contributed by atoms with Crippen LogP contribution in [0.25, 0.3) is 12.2 Å². The van der Waals surface area contributed by atoms with Crippen LogP contribution in [-0.2, 0) is 27.3 Å². The van der Waals surface area contributed by atoms with Gasteiger partial charge in [-0.25, -0.2) is 26.2 Å². The van der Waals surface area contributed by atoms with Crippen molar-refractivity contribution in [2.75, 3.05) is 49.2 Å². The molecule has 0 N–H and O–H groups in total. The molecule has 11 nitrogen and oxygen atoms in total. The fraction of sp³-hybridized carbons (Fsp3) is 0.524. The molecule has 0 amide bonds. The van der Waals surface area contributed by atoms with E-state index in [2.05, 4.69) is 0 Å². The SMILES string of the molecule is Cn1c(=CC=CC2=[N+](CCCS(=O)(=O)[O-])CCS2)oc(=O)c1=CC=C1SCCN1CCCS(=O)(=O)[O-].[Na+]. The Labute approximate surface area is 246 Å². The van der Waals surface area contributed by atoms with Gasteiger partial charge in [-0.1, -0.05) is 11.8 Å². The van der Waals surface area contributed by atoms with Gasteiger partial charge in [0.2, 0.25) is 10.6 Å². The number of hydrogen-bond donors (Lipinski definition) is 0. The quantitative estimate of drug-likeness (QED) is 0.138. The molecule has 200 valence electrons. The summed E-state index contributed by atoms with van der Waals surface area (Å²) >= 11 is 3.21. The Hall–Kier alpha value is -0.780. The van der Waals surface area contributed by atoms with Crippen LogP contribution in [0.5, 0.6) is 0 Å². The molecule has 1 aromatic heterocycles. The second-order valence-corrected chi connectivity index (χ2v) is 13.4. The first-order valence-electron chi connectivity index (χ1n) is 11.2. The number of aromatic nitrogens is 1. The number of allylic oxidation sites excluding steroid dienone is 2. The van der Waals surface area contributed by atoms with Gasteiger partial charge >= 0.3 is 35.2 Å². The fourth-order valence-corrected chi connectivity index (χ4v) is 6.78.